The third-order valence-corrected chi connectivity index (χ3v) is 2.93. The average Bonchev–Trinajstić information content (AvgIpc) is 2.69. The Bertz CT molecular complexity index is 600. The van der Waals surface area contributed by atoms with Crippen molar-refractivity contribution < 1.29 is 13.2 Å². The summed E-state index contributed by atoms with van der Waals surface area (Å²) in [7, 11) is 0. The Morgan fingerprint density at radius 2 is 1.90 bits per heavy atom. The Labute approximate surface area is 115 Å². The summed E-state index contributed by atoms with van der Waals surface area (Å²) in [5.41, 5.74) is 5.40. The van der Waals surface area contributed by atoms with Crippen molar-refractivity contribution in [3.63, 3.8) is 0 Å². The fraction of sp³-hybridized carbons (Fsp3) is 0.357. The lowest BCUT2D eigenvalue weighted by molar-refractivity contribution is -0.137. The highest BCUT2D eigenvalue weighted by Crippen LogP contribution is 2.38. The predicted molar refractivity (Wildman–Crippen MR) is 71.9 cm³/mol. The molecule has 0 saturated heterocycles. The number of hydrogen-bond acceptors (Lipinski definition) is 2. The van der Waals surface area contributed by atoms with Crippen LogP contribution in [0, 0.1) is 5.92 Å². The summed E-state index contributed by atoms with van der Waals surface area (Å²) >= 11 is 0. The van der Waals surface area contributed by atoms with Crippen LogP contribution < -0.4 is 5.73 Å². The van der Waals surface area contributed by atoms with E-state index < -0.39 is 11.7 Å². The van der Waals surface area contributed by atoms with Gasteiger partial charge in [-0.25, -0.2) is 4.98 Å². The molecule has 0 aliphatic heterocycles. The molecule has 2 N–H and O–H groups in total. The van der Waals surface area contributed by atoms with Gasteiger partial charge >= 0.3 is 6.18 Å². The maximum Gasteiger partial charge on any atom is 0.417 e. The number of imidazole rings is 1. The van der Waals surface area contributed by atoms with Gasteiger partial charge in [-0.05, 0) is 12.0 Å². The van der Waals surface area contributed by atoms with E-state index in [2.05, 4.69) is 4.98 Å². The molecule has 0 saturated carbocycles. The molecule has 0 radical (unpaired) electrons. The zero-order chi connectivity index (χ0) is 14.9. The van der Waals surface area contributed by atoms with Crippen molar-refractivity contribution in [3.05, 3.63) is 36.2 Å². The minimum absolute atomic E-state index is 0.0139. The first kappa shape index (κ1) is 14.4. The van der Waals surface area contributed by atoms with Gasteiger partial charge in [-0.2, -0.15) is 13.2 Å². The SMILES string of the molecule is CC(C)Cn1cnc(-c2ccccc2C(F)(F)F)c1N. The lowest BCUT2D eigenvalue weighted by Crippen LogP contribution is -2.09. The molecule has 0 spiro atoms. The van der Waals surface area contributed by atoms with E-state index in [9.17, 15) is 13.2 Å². The van der Waals surface area contributed by atoms with E-state index in [0.717, 1.165) is 6.07 Å². The van der Waals surface area contributed by atoms with Crippen molar-refractivity contribution in [2.45, 2.75) is 26.6 Å². The van der Waals surface area contributed by atoms with E-state index in [1.807, 2.05) is 13.8 Å². The highest BCUT2D eigenvalue weighted by Gasteiger charge is 2.34. The Kier molecular flexibility index (Phi) is 3.74. The second-order valence-electron chi connectivity index (χ2n) is 5.07. The van der Waals surface area contributed by atoms with Crippen LogP contribution in [0.2, 0.25) is 0 Å². The number of halogens is 3. The summed E-state index contributed by atoms with van der Waals surface area (Å²) in [6, 6.07) is 5.33. The summed E-state index contributed by atoms with van der Waals surface area (Å²) in [4.78, 5) is 4.05. The molecule has 108 valence electrons. The van der Waals surface area contributed by atoms with Crippen molar-refractivity contribution in [3.8, 4) is 11.3 Å². The van der Waals surface area contributed by atoms with Crippen molar-refractivity contribution in [2.75, 3.05) is 5.73 Å². The summed E-state index contributed by atoms with van der Waals surface area (Å²) < 4.78 is 40.7. The van der Waals surface area contributed by atoms with Crippen LogP contribution in [-0.2, 0) is 12.7 Å². The molecule has 3 nitrogen and oxygen atoms in total. The fourth-order valence-corrected chi connectivity index (χ4v) is 2.07. The van der Waals surface area contributed by atoms with Gasteiger partial charge in [0.15, 0.2) is 0 Å². The van der Waals surface area contributed by atoms with Crippen LogP contribution in [0.4, 0.5) is 19.0 Å². The molecule has 0 atom stereocenters. The Balaban J connectivity index is 2.51. The predicted octanol–water partition coefficient (Wildman–Crippen LogP) is 3.81. The second kappa shape index (κ2) is 5.19. The molecular weight excluding hydrogens is 267 g/mol. The largest absolute Gasteiger partial charge is 0.417 e. The number of alkyl halides is 3. The van der Waals surface area contributed by atoms with E-state index in [0.29, 0.717) is 12.5 Å². The zero-order valence-electron chi connectivity index (χ0n) is 11.3. The molecule has 0 fully saturated rings. The molecule has 2 aromatic rings. The van der Waals surface area contributed by atoms with Gasteiger partial charge in [0.2, 0.25) is 0 Å². The number of benzene rings is 1. The van der Waals surface area contributed by atoms with Gasteiger partial charge in [0.25, 0.3) is 0 Å². The molecule has 0 aliphatic rings. The van der Waals surface area contributed by atoms with Crippen molar-refractivity contribution in [1.29, 1.82) is 0 Å². The van der Waals surface area contributed by atoms with Gasteiger partial charge < -0.3 is 10.3 Å². The van der Waals surface area contributed by atoms with Crippen LogP contribution in [0.25, 0.3) is 11.3 Å². The maximum atomic E-state index is 13.0. The Morgan fingerprint density at radius 3 is 2.50 bits per heavy atom. The van der Waals surface area contributed by atoms with Crippen LogP contribution in [0.5, 0.6) is 0 Å². The molecule has 0 unspecified atom stereocenters. The van der Waals surface area contributed by atoms with Crippen LogP contribution in [0.3, 0.4) is 0 Å². The van der Waals surface area contributed by atoms with Crippen LogP contribution >= 0.6 is 0 Å². The third-order valence-electron chi connectivity index (χ3n) is 2.93. The molecule has 1 aromatic heterocycles. The minimum Gasteiger partial charge on any atom is -0.383 e. The number of aromatic nitrogens is 2. The summed E-state index contributed by atoms with van der Waals surface area (Å²) in [5.74, 6) is 0.590. The van der Waals surface area contributed by atoms with Gasteiger partial charge in [0.1, 0.15) is 11.5 Å². The highest BCUT2D eigenvalue weighted by atomic mass is 19.4. The average molecular weight is 283 g/mol. The molecule has 0 aliphatic carbocycles. The number of anilines is 1. The van der Waals surface area contributed by atoms with E-state index in [1.54, 1.807) is 10.6 Å². The van der Waals surface area contributed by atoms with Gasteiger partial charge in [0, 0.05) is 12.1 Å². The number of rotatable bonds is 3. The van der Waals surface area contributed by atoms with Crippen molar-refractivity contribution in [1.82, 2.24) is 9.55 Å². The van der Waals surface area contributed by atoms with E-state index >= 15 is 0 Å². The molecule has 0 bridgehead atoms. The van der Waals surface area contributed by atoms with Gasteiger partial charge in [0.05, 0.1) is 11.9 Å². The topological polar surface area (TPSA) is 43.8 Å². The molecule has 1 heterocycles. The van der Waals surface area contributed by atoms with E-state index in [4.69, 9.17) is 5.73 Å². The molecule has 1 aromatic carbocycles. The standard InChI is InChI=1S/C14H16F3N3/c1-9(2)7-20-8-19-12(13(20)18)10-5-3-4-6-11(10)14(15,16)17/h3-6,8-9H,7,18H2,1-2H3. The number of nitrogens with two attached hydrogens (primary N) is 1. The lowest BCUT2D eigenvalue weighted by Gasteiger charge is -2.12. The van der Waals surface area contributed by atoms with Gasteiger partial charge in [-0.3, -0.25) is 0 Å². The number of hydrogen-bond donors (Lipinski definition) is 1. The third kappa shape index (κ3) is 2.79. The fourth-order valence-electron chi connectivity index (χ4n) is 2.07. The van der Waals surface area contributed by atoms with Crippen molar-refractivity contribution in [2.24, 2.45) is 5.92 Å². The Morgan fingerprint density at radius 1 is 1.25 bits per heavy atom. The van der Waals surface area contributed by atoms with Crippen LogP contribution in [-0.4, -0.2) is 9.55 Å². The maximum absolute atomic E-state index is 13.0. The van der Waals surface area contributed by atoms with Crippen LogP contribution in [0.1, 0.15) is 19.4 Å². The van der Waals surface area contributed by atoms with Crippen molar-refractivity contribution >= 4 is 5.82 Å². The molecular formula is C14H16F3N3. The number of nitrogens with zero attached hydrogens (tertiary/aromatic N) is 2. The normalized spacial score (nSPS) is 12.1. The summed E-state index contributed by atoms with van der Waals surface area (Å²) in [5, 5.41) is 0. The lowest BCUT2D eigenvalue weighted by atomic mass is 10.0. The van der Waals surface area contributed by atoms with Gasteiger partial charge in [-0.1, -0.05) is 32.0 Å². The van der Waals surface area contributed by atoms with Crippen LogP contribution in [0.15, 0.2) is 30.6 Å². The van der Waals surface area contributed by atoms with Gasteiger partial charge in [-0.15, -0.1) is 0 Å². The summed E-state index contributed by atoms with van der Waals surface area (Å²) in [6.45, 7) is 4.62. The first-order valence-corrected chi connectivity index (χ1v) is 6.28. The minimum atomic E-state index is -4.43. The molecule has 0 amide bonds. The monoisotopic (exact) mass is 283 g/mol. The van der Waals surface area contributed by atoms with E-state index in [-0.39, 0.29) is 17.1 Å². The zero-order valence-corrected chi connectivity index (χ0v) is 11.3. The number of nitrogen functional groups attached to an aromatic ring is 1. The second-order valence-corrected chi connectivity index (χ2v) is 5.07. The quantitative estimate of drug-likeness (QED) is 0.931. The smallest absolute Gasteiger partial charge is 0.383 e. The molecule has 2 rings (SSSR count). The first-order valence-electron chi connectivity index (χ1n) is 6.28. The summed E-state index contributed by atoms with van der Waals surface area (Å²) in [6.07, 6.45) is -2.94. The highest BCUT2D eigenvalue weighted by molar-refractivity contribution is 5.73. The molecule has 20 heavy (non-hydrogen) atoms. The van der Waals surface area contributed by atoms with E-state index in [1.165, 1.54) is 18.5 Å². The first-order chi connectivity index (χ1) is 9.30. The Hall–Kier alpha value is -1.98. The molecule has 6 heteroatoms.